The molecule has 1 aliphatic heterocycles. The Hall–Kier alpha value is -0.0600. The normalized spacial score (nSPS) is 21.5. The summed E-state index contributed by atoms with van der Waals surface area (Å²) in [7, 11) is 0. The molecule has 0 radical (unpaired) electrons. The first-order chi connectivity index (χ1) is 7.36. The molecule has 0 amide bonds. The molecular formula is C11H15BrN2S. The smallest absolute Gasteiger partial charge is 0.110 e. The molecule has 82 valence electrons. The molecule has 2 nitrogen and oxygen atoms in total. The Balaban J connectivity index is 1.84. The van der Waals surface area contributed by atoms with E-state index in [1.54, 1.807) is 0 Å². The molecule has 15 heavy (non-hydrogen) atoms. The summed E-state index contributed by atoms with van der Waals surface area (Å²) >= 11 is 5.38. The van der Waals surface area contributed by atoms with Crippen LogP contribution in [0.3, 0.4) is 0 Å². The van der Waals surface area contributed by atoms with Crippen molar-refractivity contribution >= 4 is 27.7 Å². The summed E-state index contributed by atoms with van der Waals surface area (Å²) in [5.74, 6) is 1.97. The average Bonchev–Trinajstić information content (AvgIpc) is 2.29. The van der Waals surface area contributed by atoms with Gasteiger partial charge in [0.05, 0.1) is 0 Å². The minimum absolute atomic E-state index is 0.803. The van der Waals surface area contributed by atoms with Crippen molar-refractivity contribution in [3.63, 3.8) is 0 Å². The van der Waals surface area contributed by atoms with Crippen LogP contribution in [-0.4, -0.2) is 23.8 Å². The summed E-state index contributed by atoms with van der Waals surface area (Å²) in [6.07, 6.45) is 4.52. The van der Waals surface area contributed by atoms with Crippen molar-refractivity contribution in [1.29, 1.82) is 0 Å². The van der Waals surface area contributed by atoms with Gasteiger partial charge < -0.3 is 5.32 Å². The number of piperidine rings is 1. The molecule has 1 aromatic rings. The topological polar surface area (TPSA) is 24.9 Å². The van der Waals surface area contributed by atoms with E-state index in [0.717, 1.165) is 22.0 Å². The van der Waals surface area contributed by atoms with Crippen molar-refractivity contribution in [2.45, 2.75) is 17.9 Å². The predicted molar refractivity (Wildman–Crippen MR) is 68.3 cm³/mol. The van der Waals surface area contributed by atoms with Crippen molar-refractivity contribution in [1.82, 2.24) is 10.3 Å². The Bertz CT molecular complexity index is 313. The number of thioether (sulfide) groups is 1. The summed E-state index contributed by atoms with van der Waals surface area (Å²) < 4.78 is 1.11. The lowest BCUT2D eigenvalue weighted by Gasteiger charge is -2.22. The third-order valence-corrected chi connectivity index (χ3v) is 4.72. The second kappa shape index (κ2) is 5.87. The molecule has 0 spiro atoms. The van der Waals surface area contributed by atoms with Crippen LogP contribution in [-0.2, 0) is 0 Å². The van der Waals surface area contributed by atoms with Crippen LogP contribution in [0.5, 0.6) is 0 Å². The highest BCUT2D eigenvalue weighted by Crippen LogP contribution is 2.27. The van der Waals surface area contributed by atoms with E-state index < -0.39 is 0 Å². The van der Waals surface area contributed by atoms with E-state index in [1.807, 2.05) is 24.0 Å². The number of nitrogens with zero attached hydrogens (tertiary/aromatic N) is 1. The first kappa shape index (κ1) is 11.4. The number of nitrogens with one attached hydrogen (secondary N) is 1. The Morgan fingerprint density at radius 1 is 1.60 bits per heavy atom. The van der Waals surface area contributed by atoms with Gasteiger partial charge in [0.25, 0.3) is 0 Å². The number of hydrogen-bond acceptors (Lipinski definition) is 3. The standard InChI is InChI=1S/C11H15BrN2S/c12-10-4-2-6-14-11(10)15-8-9-3-1-5-13-7-9/h2,4,6,9,13H,1,3,5,7-8H2. The zero-order valence-electron chi connectivity index (χ0n) is 8.58. The predicted octanol–water partition coefficient (Wildman–Crippen LogP) is 2.94. The second-order valence-electron chi connectivity index (χ2n) is 3.81. The van der Waals surface area contributed by atoms with E-state index in [0.29, 0.717) is 0 Å². The molecular weight excluding hydrogens is 272 g/mol. The van der Waals surface area contributed by atoms with Gasteiger partial charge in [-0.1, -0.05) is 0 Å². The van der Waals surface area contributed by atoms with Crippen molar-refractivity contribution in [2.24, 2.45) is 5.92 Å². The summed E-state index contributed by atoms with van der Waals surface area (Å²) in [5, 5.41) is 4.55. The molecule has 2 heterocycles. The molecule has 1 unspecified atom stereocenters. The highest BCUT2D eigenvalue weighted by Gasteiger charge is 2.13. The second-order valence-corrected chi connectivity index (χ2v) is 5.68. The Labute approximate surface area is 103 Å². The zero-order chi connectivity index (χ0) is 10.5. The van der Waals surface area contributed by atoms with E-state index in [1.165, 1.54) is 25.1 Å². The van der Waals surface area contributed by atoms with Crippen LogP contribution in [0.1, 0.15) is 12.8 Å². The third-order valence-electron chi connectivity index (χ3n) is 2.58. The molecule has 2 rings (SSSR count). The Morgan fingerprint density at radius 3 is 3.27 bits per heavy atom. The molecule has 0 aromatic carbocycles. The lowest BCUT2D eigenvalue weighted by molar-refractivity contribution is 0.410. The van der Waals surface area contributed by atoms with Crippen molar-refractivity contribution in [3.8, 4) is 0 Å². The fraction of sp³-hybridized carbons (Fsp3) is 0.545. The van der Waals surface area contributed by atoms with Gasteiger partial charge in [-0.05, 0) is 59.9 Å². The van der Waals surface area contributed by atoms with Crippen molar-refractivity contribution in [3.05, 3.63) is 22.8 Å². The van der Waals surface area contributed by atoms with E-state index in [9.17, 15) is 0 Å². The van der Waals surface area contributed by atoms with Gasteiger partial charge in [-0.15, -0.1) is 11.8 Å². The number of hydrogen-bond donors (Lipinski definition) is 1. The number of halogens is 1. The van der Waals surface area contributed by atoms with E-state index in [2.05, 4.69) is 32.3 Å². The molecule has 1 aromatic heterocycles. The van der Waals surface area contributed by atoms with Crippen molar-refractivity contribution < 1.29 is 0 Å². The van der Waals surface area contributed by atoms with Gasteiger partial charge in [-0.2, -0.15) is 0 Å². The first-order valence-corrected chi connectivity index (χ1v) is 7.08. The lowest BCUT2D eigenvalue weighted by atomic mass is 10.0. The molecule has 1 aliphatic rings. The third kappa shape index (κ3) is 3.47. The lowest BCUT2D eigenvalue weighted by Crippen LogP contribution is -2.30. The van der Waals surface area contributed by atoms with E-state index in [4.69, 9.17) is 0 Å². The van der Waals surface area contributed by atoms with Gasteiger partial charge in [0.15, 0.2) is 0 Å². The van der Waals surface area contributed by atoms with Crippen LogP contribution < -0.4 is 5.32 Å². The van der Waals surface area contributed by atoms with Crippen LogP contribution in [0.2, 0.25) is 0 Å². The van der Waals surface area contributed by atoms with Crippen LogP contribution in [0.15, 0.2) is 27.8 Å². The highest BCUT2D eigenvalue weighted by atomic mass is 79.9. The average molecular weight is 287 g/mol. The minimum Gasteiger partial charge on any atom is -0.316 e. The zero-order valence-corrected chi connectivity index (χ0v) is 11.0. The molecule has 1 saturated heterocycles. The number of rotatable bonds is 3. The van der Waals surface area contributed by atoms with Gasteiger partial charge in [0.1, 0.15) is 5.03 Å². The minimum atomic E-state index is 0.803. The molecule has 0 saturated carbocycles. The fourth-order valence-electron chi connectivity index (χ4n) is 1.74. The van der Waals surface area contributed by atoms with Gasteiger partial charge >= 0.3 is 0 Å². The molecule has 1 fully saturated rings. The maximum Gasteiger partial charge on any atom is 0.110 e. The molecule has 1 N–H and O–H groups in total. The van der Waals surface area contributed by atoms with E-state index >= 15 is 0 Å². The van der Waals surface area contributed by atoms with Gasteiger partial charge in [-0.25, -0.2) is 4.98 Å². The fourth-order valence-corrected chi connectivity index (χ4v) is 3.36. The Kier molecular flexibility index (Phi) is 4.47. The largest absolute Gasteiger partial charge is 0.316 e. The van der Waals surface area contributed by atoms with Crippen LogP contribution in [0.4, 0.5) is 0 Å². The van der Waals surface area contributed by atoms with E-state index in [-0.39, 0.29) is 0 Å². The SMILES string of the molecule is Brc1cccnc1SCC1CCCNC1. The monoisotopic (exact) mass is 286 g/mol. The summed E-state index contributed by atoms with van der Waals surface area (Å²) in [6, 6.07) is 4.00. The van der Waals surface area contributed by atoms with Gasteiger partial charge in [0.2, 0.25) is 0 Å². The maximum atomic E-state index is 4.36. The van der Waals surface area contributed by atoms with Crippen molar-refractivity contribution in [2.75, 3.05) is 18.8 Å². The summed E-state index contributed by atoms with van der Waals surface area (Å²) in [5.41, 5.74) is 0. The molecule has 4 heteroatoms. The van der Waals surface area contributed by atoms with Crippen LogP contribution >= 0.6 is 27.7 Å². The highest BCUT2D eigenvalue weighted by molar-refractivity contribution is 9.10. The van der Waals surface area contributed by atoms with Crippen LogP contribution in [0.25, 0.3) is 0 Å². The maximum absolute atomic E-state index is 4.36. The number of pyridine rings is 1. The summed E-state index contributed by atoms with van der Waals surface area (Å²) in [4.78, 5) is 4.36. The quantitative estimate of drug-likeness (QED) is 0.865. The molecule has 0 aliphatic carbocycles. The Morgan fingerprint density at radius 2 is 2.53 bits per heavy atom. The number of aromatic nitrogens is 1. The van der Waals surface area contributed by atoms with Gasteiger partial charge in [-0.3, -0.25) is 0 Å². The van der Waals surface area contributed by atoms with Crippen LogP contribution in [0, 0.1) is 5.92 Å². The molecule has 0 bridgehead atoms. The molecule has 1 atom stereocenters. The first-order valence-electron chi connectivity index (χ1n) is 5.30. The summed E-state index contributed by atoms with van der Waals surface area (Å²) in [6.45, 7) is 2.35. The van der Waals surface area contributed by atoms with Gasteiger partial charge in [0, 0.05) is 16.4 Å².